The monoisotopic (exact) mass is 325 g/mol. The van der Waals surface area contributed by atoms with Crippen LogP contribution in [0.25, 0.3) is 0 Å². The van der Waals surface area contributed by atoms with Crippen LogP contribution in [0, 0.1) is 5.92 Å². The molecule has 0 bridgehead atoms. The first-order valence-electron chi connectivity index (χ1n) is 8.28. The minimum absolute atomic E-state index is 0.0253. The fourth-order valence-electron chi connectivity index (χ4n) is 3.07. The summed E-state index contributed by atoms with van der Waals surface area (Å²) in [5, 5.41) is 3.20. The van der Waals surface area contributed by atoms with Gasteiger partial charge >= 0.3 is 0 Å². The number of hydrogen-bond donors (Lipinski definition) is 2. The van der Waals surface area contributed by atoms with Crippen LogP contribution in [0.2, 0.25) is 0 Å². The Labute approximate surface area is 142 Å². The molecule has 6 heteroatoms. The molecule has 0 spiro atoms. The number of carbonyl (C=O) groups excluding carboxylic acids is 1. The number of piperidine rings is 1. The van der Waals surface area contributed by atoms with Crippen LogP contribution in [0.4, 0.5) is 23.0 Å². The number of nitrogens with two attached hydrogens (primary N) is 1. The van der Waals surface area contributed by atoms with Crippen LogP contribution < -0.4 is 16.0 Å². The quantitative estimate of drug-likeness (QED) is 0.840. The average molecular weight is 325 g/mol. The Hall–Kier alpha value is -2.63. The zero-order chi connectivity index (χ0) is 17.1. The van der Waals surface area contributed by atoms with Gasteiger partial charge in [0, 0.05) is 24.3 Å². The van der Waals surface area contributed by atoms with Crippen LogP contribution >= 0.6 is 0 Å². The lowest BCUT2D eigenvalue weighted by atomic mass is 10.0. The molecule has 1 saturated heterocycles. The second kappa shape index (κ2) is 6.86. The summed E-state index contributed by atoms with van der Waals surface area (Å²) in [5.74, 6) is 2.01. The van der Waals surface area contributed by atoms with Gasteiger partial charge in [-0.15, -0.1) is 0 Å². The van der Waals surface area contributed by atoms with Crippen LogP contribution in [-0.2, 0) is 0 Å². The molecular weight excluding hydrogens is 302 g/mol. The number of Topliss-reactive ketones (excluding diaryl/α,β-unsaturated/α-hetero) is 1. The maximum atomic E-state index is 11.5. The largest absolute Gasteiger partial charge is 0.393 e. The van der Waals surface area contributed by atoms with Crippen molar-refractivity contribution >= 4 is 28.8 Å². The summed E-state index contributed by atoms with van der Waals surface area (Å²) in [6.07, 6.45) is 3.92. The lowest BCUT2D eigenvalue weighted by molar-refractivity contribution is 0.101. The Morgan fingerprint density at radius 1 is 1.38 bits per heavy atom. The van der Waals surface area contributed by atoms with Gasteiger partial charge in [0.05, 0.1) is 0 Å². The molecule has 24 heavy (non-hydrogen) atoms. The molecule has 2 heterocycles. The van der Waals surface area contributed by atoms with Crippen LogP contribution in [0.1, 0.15) is 37.0 Å². The molecule has 0 saturated carbocycles. The molecule has 1 fully saturated rings. The third kappa shape index (κ3) is 3.48. The highest BCUT2D eigenvalue weighted by Crippen LogP contribution is 2.31. The van der Waals surface area contributed by atoms with Crippen molar-refractivity contribution in [2.75, 3.05) is 29.0 Å². The average Bonchev–Trinajstić information content (AvgIpc) is 2.57. The van der Waals surface area contributed by atoms with Gasteiger partial charge in [0.2, 0.25) is 0 Å². The van der Waals surface area contributed by atoms with Crippen LogP contribution in [-0.4, -0.2) is 28.8 Å². The van der Waals surface area contributed by atoms with Crippen molar-refractivity contribution in [1.82, 2.24) is 9.97 Å². The van der Waals surface area contributed by atoms with E-state index in [4.69, 9.17) is 5.73 Å². The second-order valence-corrected chi connectivity index (χ2v) is 6.41. The van der Waals surface area contributed by atoms with Gasteiger partial charge in [-0.2, -0.15) is 0 Å². The highest BCUT2D eigenvalue weighted by atomic mass is 16.1. The molecule has 126 valence electrons. The van der Waals surface area contributed by atoms with Gasteiger partial charge in [0.1, 0.15) is 12.0 Å². The number of ketones is 1. The van der Waals surface area contributed by atoms with Crippen molar-refractivity contribution in [2.45, 2.75) is 26.7 Å². The Morgan fingerprint density at radius 3 is 2.96 bits per heavy atom. The maximum absolute atomic E-state index is 11.5. The molecule has 0 aliphatic carbocycles. The topological polar surface area (TPSA) is 84.1 Å². The van der Waals surface area contributed by atoms with Crippen LogP contribution in [0.15, 0.2) is 30.6 Å². The predicted octanol–water partition coefficient (Wildman–Crippen LogP) is 3.24. The molecule has 2 aromatic rings. The highest BCUT2D eigenvalue weighted by Gasteiger charge is 2.21. The number of carbonyl (C=O) groups is 1. The number of nitrogens with one attached hydrogen (secondary N) is 1. The van der Waals surface area contributed by atoms with E-state index < -0.39 is 0 Å². The first kappa shape index (κ1) is 16.2. The van der Waals surface area contributed by atoms with Gasteiger partial charge in [-0.1, -0.05) is 19.1 Å². The zero-order valence-electron chi connectivity index (χ0n) is 14.1. The maximum Gasteiger partial charge on any atom is 0.159 e. The molecule has 1 aliphatic rings. The van der Waals surface area contributed by atoms with E-state index in [1.807, 2.05) is 12.1 Å². The van der Waals surface area contributed by atoms with Crippen molar-refractivity contribution in [2.24, 2.45) is 5.92 Å². The molecule has 1 atom stereocenters. The van der Waals surface area contributed by atoms with E-state index >= 15 is 0 Å². The molecule has 0 amide bonds. The normalized spacial score (nSPS) is 17.6. The lowest BCUT2D eigenvalue weighted by Gasteiger charge is -2.32. The fraction of sp³-hybridized carbons (Fsp3) is 0.389. The number of anilines is 4. The van der Waals surface area contributed by atoms with E-state index in [0.29, 0.717) is 23.0 Å². The highest BCUT2D eigenvalue weighted by molar-refractivity contribution is 5.95. The van der Waals surface area contributed by atoms with E-state index in [1.165, 1.54) is 12.7 Å². The van der Waals surface area contributed by atoms with E-state index in [0.717, 1.165) is 31.0 Å². The van der Waals surface area contributed by atoms with Crippen LogP contribution in [0.3, 0.4) is 0 Å². The van der Waals surface area contributed by atoms with E-state index in [9.17, 15) is 4.79 Å². The summed E-state index contributed by atoms with van der Waals surface area (Å²) in [5.41, 5.74) is 8.28. The third-order valence-corrected chi connectivity index (χ3v) is 4.35. The van der Waals surface area contributed by atoms with Gasteiger partial charge < -0.3 is 16.0 Å². The number of benzene rings is 1. The fourth-order valence-corrected chi connectivity index (χ4v) is 3.07. The molecule has 1 unspecified atom stereocenters. The lowest BCUT2D eigenvalue weighted by Crippen LogP contribution is -2.35. The summed E-state index contributed by atoms with van der Waals surface area (Å²) in [6.45, 7) is 5.72. The van der Waals surface area contributed by atoms with Gasteiger partial charge in [-0.25, -0.2) is 9.97 Å². The smallest absolute Gasteiger partial charge is 0.159 e. The number of rotatable bonds is 4. The minimum atomic E-state index is 0.0253. The van der Waals surface area contributed by atoms with Gasteiger partial charge in [0.25, 0.3) is 0 Å². The Balaban J connectivity index is 1.85. The summed E-state index contributed by atoms with van der Waals surface area (Å²) < 4.78 is 0. The molecular formula is C18H23N5O. The molecule has 1 aromatic heterocycles. The standard InChI is InChI=1S/C18H23N5O/c1-12-5-4-8-23(10-12)18-16(19)17(20-11-21-18)22-15-7-3-6-14(9-15)13(2)24/h3,6-7,9,11-12H,4-5,8,10,19H2,1-2H3,(H,20,21,22). The van der Waals surface area contributed by atoms with Crippen molar-refractivity contribution in [3.05, 3.63) is 36.2 Å². The molecule has 0 radical (unpaired) electrons. The molecule has 6 nitrogen and oxygen atoms in total. The summed E-state index contributed by atoms with van der Waals surface area (Å²) >= 11 is 0. The first-order valence-corrected chi connectivity index (χ1v) is 8.28. The van der Waals surface area contributed by atoms with Crippen molar-refractivity contribution < 1.29 is 4.79 Å². The number of hydrogen-bond acceptors (Lipinski definition) is 6. The first-order chi connectivity index (χ1) is 11.5. The van der Waals surface area contributed by atoms with Crippen LogP contribution in [0.5, 0.6) is 0 Å². The zero-order valence-corrected chi connectivity index (χ0v) is 14.1. The molecule has 3 N–H and O–H groups in total. The molecule has 3 rings (SSSR count). The summed E-state index contributed by atoms with van der Waals surface area (Å²) in [4.78, 5) is 22.4. The third-order valence-electron chi connectivity index (χ3n) is 4.35. The van der Waals surface area contributed by atoms with Gasteiger partial charge in [0.15, 0.2) is 17.4 Å². The second-order valence-electron chi connectivity index (χ2n) is 6.41. The van der Waals surface area contributed by atoms with Crippen molar-refractivity contribution in [3.63, 3.8) is 0 Å². The Morgan fingerprint density at radius 2 is 2.21 bits per heavy atom. The number of nitrogen functional groups attached to an aromatic ring is 1. The SMILES string of the molecule is CC(=O)c1cccc(Nc2ncnc(N3CCCC(C)C3)c2N)c1. The predicted molar refractivity (Wildman–Crippen MR) is 96.8 cm³/mol. The van der Waals surface area contributed by atoms with Gasteiger partial charge in [-0.3, -0.25) is 4.79 Å². The molecule has 1 aliphatic heterocycles. The van der Waals surface area contributed by atoms with E-state index in [1.54, 1.807) is 19.1 Å². The molecule has 1 aromatic carbocycles. The van der Waals surface area contributed by atoms with E-state index in [2.05, 4.69) is 27.1 Å². The number of nitrogens with zero attached hydrogens (tertiary/aromatic N) is 3. The Bertz CT molecular complexity index is 746. The number of aromatic nitrogens is 2. The summed E-state index contributed by atoms with van der Waals surface area (Å²) in [7, 11) is 0. The summed E-state index contributed by atoms with van der Waals surface area (Å²) in [6, 6.07) is 7.31. The van der Waals surface area contributed by atoms with Gasteiger partial charge in [-0.05, 0) is 37.8 Å². The van der Waals surface area contributed by atoms with E-state index in [-0.39, 0.29) is 5.78 Å². The van der Waals surface area contributed by atoms with Crippen molar-refractivity contribution in [1.29, 1.82) is 0 Å². The Kier molecular flexibility index (Phi) is 4.64. The minimum Gasteiger partial charge on any atom is -0.393 e. The van der Waals surface area contributed by atoms with Crippen molar-refractivity contribution in [3.8, 4) is 0 Å².